The molecule has 4 atom stereocenters. The monoisotopic (exact) mass is 396 g/mol. The summed E-state index contributed by atoms with van der Waals surface area (Å²) in [7, 11) is -5.63. The SMILES string of the molecule is NC1CC1N(CCF)S(=O)(=O)N1C[C@H](CCCB(O)O)[C@](N)(C(=O)O)C1. The predicted molar refractivity (Wildman–Crippen MR) is 91.8 cm³/mol. The summed E-state index contributed by atoms with van der Waals surface area (Å²) >= 11 is 0. The number of alkyl halides is 1. The van der Waals surface area contributed by atoms with Crippen LogP contribution < -0.4 is 11.5 Å². The third-order valence-electron chi connectivity index (χ3n) is 5.11. The van der Waals surface area contributed by atoms with Gasteiger partial charge in [0.25, 0.3) is 10.2 Å². The van der Waals surface area contributed by atoms with Crippen LogP contribution in [0.3, 0.4) is 0 Å². The summed E-state index contributed by atoms with van der Waals surface area (Å²) in [6.07, 6.45) is 0.962. The van der Waals surface area contributed by atoms with Gasteiger partial charge in [-0.05, 0) is 19.2 Å². The number of hydrogen-bond acceptors (Lipinski definition) is 7. The number of carboxylic acids is 1. The fourth-order valence-corrected chi connectivity index (χ4v) is 5.35. The normalized spacial score (nSPS) is 32.2. The summed E-state index contributed by atoms with van der Waals surface area (Å²) in [6.45, 7) is -1.77. The van der Waals surface area contributed by atoms with E-state index in [9.17, 15) is 22.7 Å². The van der Waals surface area contributed by atoms with E-state index < -0.39 is 54.0 Å². The quantitative estimate of drug-likeness (QED) is 0.254. The lowest BCUT2D eigenvalue weighted by Crippen LogP contribution is -2.55. The molecule has 1 heterocycles. The van der Waals surface area contributed by atoms with Crippen molar-refractivity contribution in [2.24, 2.45) is 17.4 Å². The van der Waals surface area contributed by atoms with Crippen molar-refractivity contribution >= 4 is 23.3 Å². The maximum atomic E-state index is 12.9. The number of nitrogens with two attached hydrogens (primary N) is 2. The average molecular weight is 396 g/mol. The van der Waals surface area contributed by atoms with Crippen LogP contribution in [0.4, 0.5) is 4.39 Å². The van der Waals surface area contributed by atoms with Gasteiger partial charge in [-0.3, -0.25) is 4.79 Å². The molecule has 1 saturated carbocycles. The van der Waals surface area contributed by atoms with Crippen molar-refractivity contribution in [1.82, 2.24) is 8.61 Å². The molecule has 0 aromatic heterocycles. The molecule has 0 aromatic rings. The summed E-state index contributed by atoms with van der Waals surface area (Å²) in [5.41, 5.74) is 9.91. The van der Waals surface area contributed by atoms with Crippen molar-refractivity contribution < 1.29 is 32.8 Å². The molecule has 0 radical (unpaired) electrons. The summed E-state index contributed by atoms with van der Waals surface area (Å²) in [6, 6.07) is -0.848. The molecule has 0 bridgehead atoms. The Kier molecular flexibility index (Phi) is 6.64. The summed E-state index contributed by atoms with van der Waals surface area (Å²) < 4.78 is 40.6. The molecule has 2 fully saturated rings. The van der Waals surface area contributed by atoms with Crippen molar-refractivity contribution in [3.63, 3.8) is 0 Å². The van der Waals surface area contributed by atoms with Gasteiger partial charge in [0.2, 0.25) is 0 Å². The van der Waals surface area contributed by atoms with E-state index in [4.69, 9.17) is 21.5 Å². The first-order valence-electron chi connectivity index (χ1n) is 8.51. The summed E-state index contributed by atoms with van der Waals surface area (Å²) in [4.78, 5) is 11.7. The Morgan fingerprint density at radius 3 is 2.50 bits per heavy atom. The number of rotatable bonds is 10. The van der Waals surface area contributed by atoms with Gasteiger partial charge >= 0.3 is 13.1 Å². The van der Waals surface area contributed by atoms with Gasteiger partial charge in [0, 0.05) is 37.6 Å². The molecular formula is C13H26BFN4O6S. The van der Waals surface area contributed by atoms with Gasteiger partial charge in [0.1, 0.15) is 12.2 Å². The molecule has 0 spiro atoms. The van der Waals surface area contributed by atoms with Crippen molar-refractivity contribution in [3.8, 4) is 0 Å². The first kappa shape index (κ1) is 21.5. The molecule has 26 heavy (non-hydrogen) atoms. The number of carbonyl (C=O) groups is 1. The second kappa shape index (κ2) is 8.04. The molecule has 0 amide bonds. The van der Waals surface area contributed by atoms with E-state index in [1.54, 1.807) is 0 Å². The van der Waals surface area contributed by atoms with Gasteiger partial charge in [-0.25, -0.2) is 4.39 Å². The fourth-order valence-electron chi connectivity index (χ4n) is 3.42. The van der Waals surface area contributed by atoms with Gasteiger partial charge in [0.05, 0.1) is 0 Å². The lowest BCUT2D eigenvalue weighted by molar-refractivity contribution is -0.144. The highest BCUT2D eigenvalue weighted by Gasteiger charge is 2.55. The van der Waals surface area contributed by atoms with Gasteiger partial charge in [-0.1, -0.05) is 6.42 Å². The van der Waals surface area contributed by atoms with Crippen LogP contribution in [0.15, 0.2) is 0 Å². The van der Waals surface area contributed by atoms with E-state index in [0.29, 0.717) is 6.42 Å². The first-order valence-corrected chi connectivity index (χ1v) is 9.90. The molecule has 1 aliphatic carbocycles. The van der Waals surface area contributed by atoms with E-state index in [1.165, 1.54) is 0 Å². The minimum absolute atomic E-state index is 0.0316. The van der Waals surface area contributed by atoms with Crippen molar-refractivity contribution in [2.75, 3.05) is 26.3 Å². The van der Waals surface area contributed by atoms with Gasteiger partial charge < -0.3 is 26.6 Å². The Labute approximate surface area is 152 Å². The second-order valence-electron chi connectivity index (χ2n) is 7.02. The number of aliphatic carboxylic acids is 1. The van der Waals surface area contributed by atoms with E-state index in [2.05, 4.69) is 0 Å². The molecule has 7 N–H and O–H groups in total. The van der Waals surface area contributed by atoms with Crippen LogP contribution in [0.25, 0.3) is 0 Å². The van der Waals surface area contributed by atoms with Crippen molar-refractivity contribution in [1.29, 1.82) is 0 Å². The molecule has 13 heteroatoms. The molecule has 2 aliphatic rings. The Balaban J connectivity index is 2.17. The van der Waals surface area contributed by atoms with E-state index >= 15 is 0 Å². The van der Waals surface area contributed by atoms with Crippen LogP contribution in [0.2, 0.25) is 6.32 Å². The molecule has 2 rings (SSSR count). The maximum Gasteiger partial charge on any atom is 0.451 e. The average Bonchev–Trinajstić information content (AvgIpc) is 3.14. The standard InChI is InChI=1S/C13H26BFN4O6S/c15-4-5-19(11-6-10(11)16)26(24,25)18-7-9(2-1-3-14(22)23)13(17,8-18)12(20)21/h9-11,22-23H,1-8,16-17H2,(H,20,21)/t9-,10?,11?,13-/m0/s1. The van der Waals surface area contributed by atoms with Crippen molar-refractivity contribution in [3.05, 3.63) is 0 Å². The lowest BCUT2D eigenvalue weighted by atomic mass is 9.78. The molecule has 10 nitrogen and oxygen atoms in total. The van der Waals surface area contributed by atoms with E-state index in [-0.39, 0.29) is 38.3 Å². The topological polar surface area (TPSA) is 170 Å². The highest BCUT2D eigenvalue weighted by atomic mass is 32.2. The smallest absolute Gasteiger partial charge is 0.451 e. The number of hydrogen-bond donors (Lipinski definition) is 5. The van der Waals surface area contributed by atoms with E-state index in [0.717, 1.165) is 8.61 Å². The highest BCUT2D eigenvalue weighted by Crippen LogP contribution is 2.36. The van der Waals surface area contributed by atoms with Crippen LogP contribution >= 0.6 is 0 Å². The summed E-state index contributed by atoms with van der Waals surface area (Å²) in [5, 5.41) is 27.3. The molecule has 150 valence electrons. The van der Waals surface area contributed by atoms with Crippen molar-refractivity contribution in [2.45, 2.75) is 43.2 Å². The van der Waals surface area contributed by atoms with E-state index in [1.807, 2.05) is 0 Å². The zero-order valence-corrected chi connectivity index (χ0v) is 15.2. The van der Waals surface area contributed by atoms with Gasteiger partial charge in [0.15, 0.2) is 0 Å². The summed E-state index contributed by atoms with van der Waals surface area (Å²) in [5.74, 6) is -2.03. The Morgan fingerprint density at radius 2 is 2.04 bits per heavy atom. The first-order chi connectivity index (χ1) is 12.0. The molecule has 1 saturated heterocycles. The Bertz CT molecular complexity index is 626. The van der Waals surface area contributed by atoms with Crippen LogP contribution in [0, 0.1) is 5.92 Å². The largest absolute Gasteiger partial charge is 0.480 e. The molecule has 0 aromatic carbocycles. The third-order valence-corrected chi connectivity index (χ3v) is 7.08. The molecule has 2 unspecified atom stereocenters. The number of nitrogens with zero attached hydrogens (tertiary/aromatic N) is 2. The zero-order valence-electron chi connectivity index (χ0n) is 14.4. The van der Waals surface area contributed by atoms with Gasteiger partial charge in [-0.2, -0.15) is 17.0 Å². The zero-order chi connectivity index (χ0) is 19.7. The number of halogens is 1. The third kappa shape index (κ3) is 4.35. The maximum absolute atomic E-state index is 12.9. The highest BCUT2D eigenvalue weighted by molar-refractivity contribution is 7.86. The lowest BCUT2D eigenvalue weighted by Gasteiger charge is -2.27. The van der Waals surface area contributed by atoms with Crippen LogP contribution in [-0.4, -0.2) is 89.2 Å². The van der Waals surface area contributed by atoms with Gasteiger partial charge in [-0.15, -0.1) is 0 Å². The molecular weight excluding hydrogens is 370 g/mol. The number of carboxylic acid groups (broad SMARTS) is 1. The van der Waals surface area contributed by atoms with Crippen LogP contribution in [0.1, 0.15) is 19.3 Å². The second-order valence-corrected chi connectivity index (χ2v) is 8.90. The minimum Gasteiger partial charge on any atom is -0.480 e. The van der Waals surface area contributed by atoms with Crippen LogP contribution in [0.5, 0.6) is 0 Å². The van der Waals surface area contributed by atoms with Crippen LogP contribution in [-0.2, 0) is 15.0 Å². The fraction of sp³-hybridized carbons (Fsp3) is 0.923. The predicted octanol–water partition coefficient (Wildman–Crippen LogP) is -2.43. The minimum atomic E-state index is -4.11. The Morgan fingerprint density at radius 1 is 1.42 bits per heavy atom. The Hall–Kier alpha value is -0.825. The molecule has 1 aliphatic heterocycles.